The van der Waals surface area contributed by atoms with Crippen LogP contribution in [0.5, 0.6) is 0 Å². The highest BCUT2D eigenvalue weighted by Crippen LogP contribution is 2.32. The van der Waals surface area contributed by atoms with Crippen LogP contribution in [0.2, 0.25) is 0 Å². The van der Waals surface area contributed by atoms with Crippen molar-refractivity contribution in [1.29, 1.82) is 0 Å². The minimum Gasteiger partial charge on any atom is -0.393 e. The van der Waals surface area contributed by atoms with Crippen LogP contribution in [0.15, 0.2) is 0 Å². The van der Waals surface area contributed by atoms with Gasteiger partial charge >= 0.3 is 0 Å². The van der Waals surface area contributed by atoms with Crippen molar-refractivity contribution in [2.24, 2.45) is 11.1 Å². The van der Waals surface area contributed by atoms with Gasteiger partial charge in [-0.25, -0.2) is 0 Å². The maximum Gasteiger partial charge on any atom is 0.229 e. The van der Waals surface area contributed by atoms with E-state index in [0.29, 0.717) is 24.3 Å². The zero-order valence-corrected chi connectivity index (χ0v) is 10.8. The summed E-state index contributed by atoms with van der Waals surface area (Å²) in [5, 5.41) is 0. The van der Waals surface area contributed by atoms with Crippen LogP contribution in [0.3, 0.4) is 0 Å². The van der Waals surface area contributed by atoms with Crippen molar-refractivity contribution in [3.05, 3.63) is 0 Å². The third-order valence-electron chi connectivity index (χ3n) is 2.73. The number of hydrogen-bond donors (Lipinski definition) is 1. The molecule has 2 amide bonds. The Balaban J connectivity index is 2.78. The number of amides is 2. The van der Waals surface area contributed by atoms with Gasteiger partial charge in [0.1, 0.15) is 0 Å². The lowest BCUT2D eigenvalue weighted by atomic mass is 9.81. The lowest BCUT2D eigenvalue weighted by molar-refractivity contribution is -0.154. The quantitative estimate of drug-likeness (QED) is 0.597. The number of carbonyl (C=O) groups excluding carboxylic acids is 2. The van der Waals surface area contributed by atoms with E-state index in [1.54, 1.807) is 6.92 Å². The number of nitrogens with two attached hydrogens (primary N) is 1. The third-order valence-corrected chi connectivity index (χ3v) is 2.90. The molecule has 1 aliphatic heterocycles. The lowest BCUT2D eigenvalue weighted by Gasteiger charge is -2.37. The molecule has 16 heavy (non-hydrogen) atoms. The third kappa shape index (κ3) is 3.01. The molecule has 90 valence electrons. The highest BCUT2D eigenvalue weighted by molar-refractivity contribution is 7.80. The van der Waals surface area contributed by atoms with E-state index in [2.05, 4.69) is 0 Å². The Labute approximate surface area is 101 Å². The van der Waals surface area contributed by atoms with Crippen LogP contribution >= 0.6 is 12.2 Å². The minimum atomic E-state index is -0.229. The van der Waals surface area contributed by atoms with E-state index in [9.17, 15) is 9.59 Å². The summed E-state index contributed by atoms with van der Waals surface area (Å²) in [6.45, 7) is 5.66. The fourth-order valence-electron chi connectivity index (χ4n) is 2.06. The highest BCUT2D eigenvalue weighted by atomic mass is 32.1. The number of rotatable bonds is 3. The number of nitrogens with zero attached hydrogens (tertiary/aromatic N) is 1. The summed E-state index contributed by atoms with van der Waals surface area (Å²) in [5.74, 6) is -0.241. The first-order valence-corrected chi connectivity index (χ1v) is 5.77. The van der Waals surface area contributed by atoms with Crippen LogP contribution < -0.4 is 5.73 Å². The Morgan fingerprint density at radius 3 is 2.25 bits per heavy atom. The van der Waals surface area contributed by atoms with Gasteiger partial charge in [-0.3, -0.25) is 14.5 Å². The lowest BCUT2D eigenvalue weighted by Crippen LogP contribution is -2.51. The summed E-state index contributed by atoms with van der Waals surface area (Å²) < 4.78 is 0. The maximum absolute atomic E-state index is 11.9. The molecular weight excluding hydrogens is 224 g/mol. The number of piperidine rings is 1. The molecule has 2 N–H and O–H groups in total. The van der Waals surface area contributed by atoms with Crippen LogP contribution in [-0.2, 0) is 9.59 Å². The first kappa shape index (κ1) is 13.1. The Hall–Kier alpha value is -0.970. The van der Waals surface area contributed by atoms with Crippen molar-refractivity contribution in [3.8, 4) is 0 Å². The maximum atomic E-state index is 11.9. The molecule has 0 aromatic carbocycles. The number of carbonyl (C=O) groups is 2. The number of hydrogen-bond acceptors (Lipinski definition) is 3. The summed E-state index contributed by atoms with van der Waals surface area (Å²) in [7, 11) is 0. The molecule has 0 aromatic heterocycles. The normalized spacial score (nSPS) is 22.1. The summed E-state index contributed by atoms with van der Waals surface area (Å²) in [4.78, 5) is 25.4. The SMILES string of the molecule is CC(CC(N)=S)N1C(=O)CC(C)(C)CC1=O. The van der Waals surface area contributed by atoms with Gasteiger partial charge in [0.25, 0.3) is 0 Å². The molecule has 0 bridgehead atoms. The smallest absolute Gasteiger partial charge is 0.229 e. The summed E-state index contributed by atoms with van der Waals surface area (Å²) in [5.41, 5.74) is 5.20. The van der Waals surface area contributed by atoms with E-state index in [4.69, 9.17) is 18.0 Å². The fraction of sp³-hybridized carbons (Fsp3) is 0.727. The standard InChI is InChI=1S/C11H18N2O2S/c1-7(4-8(12)16)13-9(14)5-11(2,3)6-10(13)15/h7H,4-6H2,1-3H3,(H2,12,16). The van der Waals surface area contributed by atoms with Crippen LogP contribution in [0.25, 0.3) is 0 Å². The molecule has 0 saturated carbocycles. The highest BCUT2D eigenvalue weighted by Gasteiger charge is 2.39. The van der Waals surface area contributed by atoms with Crippen LogP contribution in [0.4, 0.5) is 0 Å². The molecule has 1 aliphatic rings. The minimum absolute atomic E-state index is 0.120. The molecule has 0 aliphatic carbocycles. The van der Waals surface area contributed by atoms with Gasteiger partial charge in [-0.05, 0) is 12.3 Å². The van der Waals surface area contributed by atoms with E-state index < -0.39 is 0 Å². The van der Waals surface area contributed by atoms with Gasteiger partial charge < -0.3 is 5.73 Å². The van der Waals surface area contributed by atoms with Crippen LogP contribution in [0, 0.1) is 5.41 Å². The van der Waals surface area contributed by atoms with Gasteiger partial charge in [0.2, 0.25) is 11.8 Å². The Kier molecular flexibility index (Phi) is 3.68. The molecule has 1 fully saturated rings. The van der Waals surface area contributed by atoms with Gasteiger partial charge in [-0.1, -0.05) is 26.1 Å². The van der Waals surface area contributed by atoms with Crippen molar-refractivity contribution >= 4 is 29.0 Å². The molecule has 1 unspecified atom stereocenters. The first-order chi connectivity index (χ1) is 7.23. The average molecular weight is 242 g/mol. The monoisotopic (exact) mass is 242 g/mol. The fourth-order valence-corrected chi connectivity index (χ4v) is 2.31. The molecule has 1 atom stereocenters. The van der Waals surface area contributed by atoms with Crippen LogP contribution in [0.1, 0.15) is 40.0 Å². The van der Waals surface area contributed by atoms with Gasteiger partial charge in [0, 0.05) is 25.3 Å². The Morgan fingerprint density at radius 2 is 1.88 bits per heavy atom. The van der Waals surface area contributed by atoms with Crippen molar-refractivity contribution < 1.29 is 9.59 Å². The predicted octanol–water partition coefficient (Wildman–Crippen LogP) is 1.23. The van der Waals surface area contributed by atoms with Gasteiger partial charge in [-0.15, -0.1) is 0 Å². The van der Waals surface area contributed by atoms with Crippen molar-refractivity contribution in [2.45, 2.75) is 46.1 Å². The van der Waals surface area contributed by atoms with Crippen molar-refractivity contribution in [1.82, 2.24) is 4.90 Å². The Morgan fingerprint density at radius 1 is 1.44 bits per heavy atom. The topological polar surface area (TPSA) is 63.4 Å². The molecule has 0 radical (unpaired) electrons. The second kappa shape index (κ2) is 4.49. The molecule has 4 nitrogen and oxygen atoms in total. The van der Waals surface area contributed by atoms with Gasteiger partial charge in [0.15, 0.2) is 0 Å². The molecule has 1 rings (SSSR count). The van der Waals surface area contributed by atoms with Gasteiger partial charge in [-0.2, -0.15) is 0 Å². The zero-order chi connectivity index (χ0) is 12.5. The van der Waals surface area contributed by atoms with E-state index in [0.717, 1.165) is 0 Å². The molecular formula is C11H18N2O2S. The predicted molar refractivity (Wildman–Crippen MR) is 65.7 cm³/mol. The van der Waals surface area contributed by atoms with Crippen LogP contribution in [-0.4, -0.2) is 27.7 Å². The van der Waals surface area contributed by atoms with E-state index in [1.165, 1.54) is 4.90 Å². The molecule has 1 saturated heterocycles. The molecule has 0 spiro atoms. The van der Waals surface area contributed by atoms with E-state index in [1.807, 2.05) is 13.8 Å². The second-order valence-corrected chi connectivity index (χ2v) is 5.72. The Bertz CT molecular complexity index is 319. The van der Waals surface area contributed by atoms with E-state index >= 15 is 0 Å². The largest absolute Gasteiger partial charge is 0.393 e. The number of thiocarbonyl (C=S) groups is 1. The van der Waals surface area contributed by atoms with Crippen molar-refractivity contribution in [2.75, 3.05) is 0 Å². The summed E-state index contributed by atoms with van der Waals surface area (Å²) >= 11 is 4.79. The molecule has 1 heterocycles. The van der Waals surface area contributed by atoms with E-state index in [-0.39, 0.29) is 23.3 Å². The molecule has 5 heteroatoms. The average Bonchev–Trinajstić information content (AvgIpc) is 1.96. The van der Waals surface area contributed by atoms with Gasteiger partial charge in [0.05, 0.1) is 4.99 Å². The number of likely N-dealkylation sites (tertiary alicyclic amines) is 1. The summed E-state index contributed by atoms with van der Waals surface area (Å²) in [6, 6.07) is -0.228. The first-order valence-electron chi connectivity index (χ1n) is 5.36. The summed E-state index contributed by atoms with van der Waals surface area (Å²) in [6.07, 6.45) is 1.20. The van der Waals surface area contributed by atoms with Crippen molar-refractivity contribution in [3.63, 3.8) is 0 Å². The molecule has 0 aromatic rings. The number of imide groups is 1. The second-order valence-electron chi connectivity index (χ2n) is 5.19. The zero-order valence-electron chi connectivity index (χ0n) is 9.95.